The fourth-order valence-electron chi connectivity index (χ4n) is 1.61. The number of halogens is 1. The SMILES string of the molecule is CC(=O)N(CCNC(=O)C(C)C)c1cccc(F)c1. The molecular weight excluding hydrogens is 247 g/mol. The van der Waals surface area contributed by atoms with Crippen LogP contribution in [0.15, 0.2) is 24.3 Å². The summed E-state index contributed by atoms with van der Waals surface area (Å²) in [7, 11) is 0. The summed E-state index contributed by atoms with van der Waals surface area (Å²) in [4.78, 5) is 24.4. The van der Waals surface area contributed by atoms with E-state index in [1.807, 2.05) is 0 Å². The molecule has 1 rings (SSSR count). The molecular formula is C14H19FN2O2. The Morgan fingerprint density at radius 2 is 2.05 bits per heavy atom. The lowest BCUT2D eigenvalue weighted by atomic mass is 10.2. The predicted molar refractivity (Wildman–Crippen MR) is 72.3 cm³/mol. The minimum absolute atomic E-state index is 0.0669. The molecule has 0 saturated heterocycles. The number of nitrogens with one attached hydrogen (secondary N) is 1. The molecule has 1 aromatic rings. The van der Waals surface area contributed by atoms with E-state index in [1.54, 1.807) is 26.0 Å². The van der Waals surface area contributed by atoms with Gasteiger partial charge in [-0.1, -0.05) is 19.9 Å². The van der Waals surface area contributed by atoms with Crippen LogP contribution in [0, 0.1) is 11.7 Å². The van der Waals surface area contributed by atoms with Crippen molar-refractivity contribution >= 4 is 17.5 Å². The molecule has 4 nitrogen and oxygen atoms in total. The number of amides is 2. The Kier molecular flexibility index (Phi) is 5.48. The van der Waals surface area contributed by atoms with Gasteiger partial charge in [-0.2, -0.15) is 0 Å². The van der Waals surface area contributed by atoms with E-state index in [1.165, 1.54) is 24.0 Å². The summed E-state index contributed by atoms with van der Waals surface area (Å²) in [6.07, 6.45) is 0. The third kappa shape index (κ3) is 4.69. The maximum absolute atomic E-state index is 13.1. The number of benzene rings is 1. The van der Waals surface area contributed by atoms with Gasteiger partial charge in [-0.3, -0.25) is 9.59 Å². The fraction of sp³-hybridized carbons (Fsp3) is 0.429. The first-order valence-corrected chi connectivity index (χ1v) is 6.23. The number of hydrogen-bond acceptors (Lipinski definition) is 2. The smallest absolute Gasteiger partial charge is 0.223 e. The van der Waals surface area contributed by atoms with Crippen molar-refractivity contribution in [3.63, 3.8) is 0 Å². The average molecular weight is 266 g/mol. The van der Waals surface area contributed by atoms with Crippen LogP contribution in [-0.4, -0.2) is 24.9 Å². The number of nitrogens with zero attached hydrogens (tertiary/aromatic N) is 1. The zero-order valence-corrected chi connectivity index (χ0v) is 11.4. The molecule has 0 radical (unpaired) electrons. The third-order valence-electron chi connectivity index (χ3n) is 2.66. The molecule has 0 atom stereocenters. The molecule has 1 N–H and O–H groups in total. The lowest BCUT2D eigenvalue weighted by molar-refractivity contribution is -0.124. The molecule has 1 aromatic carbocycles. The molecule has 19 heavy (non-hydrogen) atoms. The second kappa shape index (κ2) is 6.87. The Hall–Kier alpha value is -1.91. The first-order chi connectivity index (χ1) is 8.91. The highest BCUT2D eigenvalue weighted by Crippen LogP contribution is 2.15. The minimum atomic E-state index is -0.394. The summed E-state index contributed by atoms with van der Waals surface area (Å²) in [6, 6.07) is 5.83. The summed E-state index contributed by atoms with van der Waals surface area (Å²) in [5.74, 6) is -0.748. The summed E-state index contributed by atoms with van der Waals surface area (Å²) in [6.45, 7) is 5.66. The highest BCUT2D eigenvalue weighted by molar-refractivity contribution is 5.91. The standard InChI is InChI=1S/C14H19FN2O2/c1-10(2)14(19)16-7-8-17(11(3)18)13-6-4-5-12(15)9-13/h4-6,9-10H,7-8H2,1-3H3,(H,16,19). The summed E-state index contributed by atoms with van der Waals surface area (Å²) in [5, 5.41) is 2.73. The van der Waals surface area contributed by atoms with Crippen molar-refractivity contribution in [1.29, 1.82) is 0 Å². The van der Waals surface area contributed by atoms with E-state index >= 15 is 0 Å². The van der Waals surface area contributed by atoms with Gasteiger partial charge in [-0.25, -0.2) is 4.39 Å². The van der Waals surface area contributed by atoms with Crippen LogP contribution in [0.2, 0.25) is 0 Å². The van der Waals surface area contributed by atoms with Gasteiger partial charge in [-0.05, 0) is 18.2 Å². The van der Waals surface area contributed by atoms with E-state index in [0.717, 1.165) is 0 Å². The van der Waals surface area contributed by atoms with Gasteiger partial charge in [0.2, 0.25) is 11.8 Å². The van der Waals surface area contributed by atoms with Gasteiger partial charge in [0.1, 0.15) is 5.82 Å². The third-order valence-corrected chi connectivity index (χ3v) is 2.66. The van der Waals surface area contributed by atoms with Crippen LogP contribution in [0.1, 0.15) is 20.8 Å². The number of carbonyl (C=O) groups is 2. The molecule has 0 fully saturated rings. The molecule has 104 valence electrons. The molecule has 0 spiro atoms. The van der Waals surface area contributed by atoms with E-state index in [4.69, 9.17) is 0 Å². The molecule has 2 amide bonds. The summed E-state index contributed by atoms with van der Waals surface area (Å²) >= 11 is 0. The first-order valence-electron chi connectivity index (χ1n) is 6.23. The van der Waals surface area contributed by atoms with E-state index in [-0.39, 0.29) is 17.7 Å². The molecule has 0 heterocycles. The Labute approximate surface area is 112 Å². The molecule has 0 aliphatic heterocycles. The van der Waals surface area contributed by atoms with Crippen molar-refractivity contribution in [3.8, 4) is 0 Å². The Bertz CT molecular complexity index is 461. The van der Waals surface area contributed by atoms with E-state index < -0.39 is 5.82 Å². The fourth-order valence-corrected chi connectivity index (χ4v) is 1.61. The van der Waals surface area contributed by atoms with Crippen LogP contribution >= 0.6 is 0 Å². The number of anilines is 1. The Morgan fingerprint density at radius 1 is 1.37 bits per heavy atom. The largest absolute Gasteiger partial charge is 0.354 e. The molecule has 0 aliphatic rings. The van der Waals surface area contributed by atoms with Crippen molar-refractivity contribution in [2.45, 2.75) is 20.8 Å². The van der Waals surface area contributed by atoms with Crippen LogP contribution in [0.3, 0.4) is 0 Å². The van der Waals surface area contributed by atoms with Gasteiger partial charge in [0.05, 0.1) is 0 Å². The van der Waals surface area contributed by atoms with Gasteiger partial charge in [0.25, 0.3) is 0 Å². The highest BCUT2D eigenvalue weighted by atomic mass is 19.1. The van der Waals surface area contributed by atoms with Gasteiger partial charge < -0.3 is 10.2 Å². The summed E-state index contributed by atoms with van der Waals surface area (Å²) < 4.78 is 13.1. The van der Waals surface area contributed by atoms with Gasteiger partial charge in [0, 0.05) is 31.6 Å². The molecule has 5 heteroatoms. The quantitative estimate of drug-likeness (QED) is 0.885. The van der Waals surface area contributed by atoms with Gasteiger partial charge >= 0.3 is 0 Å². The van der Waals surface area contributed by atoms with Crippen LogP contribution in [0.4, 0.5) is 10.1 Å². The predicted octanol–water partition coefficient (Wildman–Crippen LogP) is 1.95. The zero-order chi connectivity index (χ0) is 14.4. The molecule has 0 saturated carbocycles. The van der Waals surface area contributed by atoms with Crippen molar-refractivity contribution in [2.75, 3.05) is 18.0 Å². The average Bonchev–Trinajstić information content (AvgIpc) is 2.33. The normalized spacial score (nSPS) is 10.4. The van der Waals surface area contributed by atoms with Crippen LogP contribution in [0.25, 0.3) is 0 Å². The first kappa shape index (κ1) is 15.1. The highest BCUT2D eigenvalue weighted by Gasteiger charge is 2.13. The number of hydrogen-bond donors (Lipinski definition) is 1. The molecule has 0 aliphatic carbocycles. The second-order valence-electron chi connectivity index (χ2n) is 4.60. The molecule has 0 unspecified atom stereocenters. The number of rotatable bonds is 5. The zero-order valence-electron chi connectivity index (χ0n) is 11.4. The van der Waals surface area contributed by atoms with E-state index in [0.29, 0.717) is 18.8 Å². The van der Waals surface area contributed by atoms with Crippen LogP contribution in [-0.2, 0) is 9.59 Å². The lowest BCUT2D eigenvalue weighted by Crippen LogP contribution is -2.38. The maximum Gasteiger partial charge on any atom is 0.223 e. The monoisotopic (exact) mass is 266 g/mol. The van der Waals surface area contributed by atoms with Gasteiger partial charge in [0.15, 0.2) is 0 Å². The Balaban J connectivity index is 2.65. The lowest BCUT2D eigenvalue weighted by Gasteiger charge is -2.21. The van der Waals surface area contributed by atoms with E-state index in [2.05, 4.69) is 5.32 Å². The van der Waals surface area contributed by atoms with Crippen molar-refractivity contribution in [2.24, 2.45) is 5.92 Å². The minimum Gasteiger partial charge on any atom is -0.354 e. The topological polar surface area (TPSA) is 49.4 Å². The van der Waals surface area contributed by atoms with E-state index in [9.17, 15) is 14.0 Å². The maximum atomic E-state index is 13.1. The number of carbonyl (C=O) groups excluding carboxylic acids is 2. The molecule has 0 bridgehead atoms. The second-order valence-corrected chi connectivity index (χ2v) is 4.60. The van der Waals surface area contributed by atoms with Crippen molar-refractivity contribution in [3.05, 3.63) is 30.1 Å². The van der Waals surface area contributed by atoms with Crippen molar-refractivity contribution in [1.82, 2.24) is 5.32 Å². The summed E-state index contributed by atoms with van der Waals surface area (Å²) in [5.41, 5.74) is 0.492. The van der Waals surface area contributed by atoms with Crippen LogP contribution < -0.4 is 10.2 Å². The molecule has 0 aromatic heterocycles. The van der Waals surface area contributed by atoms with Crippen LogP contribution in [0.5, 0.6) is 0 Å². The Morgan fingerprint density at radius 3 is 2.58 bits per heavy atom. The van der Waals surface area contributed by atoms with Gasteiger partial charge in [-0.15, -0.1) is 0 Å². The van der Waals surface area contributed by atoms with Crippen molar-refractivity contribution < 1.29 is 14.0 Å².